The van der Waals surface area contributed by atoms with Crippen LogP contribution < -0.4 is 0 Å². The maximum Gasteiger partial charge on any atom is 0.256 e. The second kappa shape index (κ2) is 7.89. The number of hydrogen-bond donors (Lipinski definition) is 0. The molecular formula is C14H23N3O3. The summed E-state index contributed by atoms with van der Waals surface area (Å²) in [6, 6.07) is 0. The lowest BCUT2D eigenvalue weighted by Gasteiger charge is -2.20. The quantitative estimate of drug-likeness (QED) is 0.660. The van der Waals surface area contributed by atoms with Crippen LogP contribution in [0.15, 0.2) is 9.98 Å². The molecule has 1 aliphatic heterocycles. The molecule has 112 valence electrons. The van der Waals surface area contributed by atoms with Crippen molar-refractivity contribution in [1.82, 2.24) is 4.90 Å². The molecule has 0 saturated carbocycles. The SMILES string of the molecule is COCCCN(C)C(=O)CCC1C(=O)N=C(C)N=C1C. The first-order valence-electron chi connectivity index (χ1n) is 6.83. The fraction of sp³-hybridized carbons (Fsp3) is 0.714. The molecule has 1 atom stereocenters. The van der Waals surface area contributed by atoms with Crippen LogP contribution in [0, 0.1) is 5.92 Å². The van der Waals surface area contributed by atoms with E-state index in [0.29, 0.717) is 31.8 Å². The van der Waals surface area contributed by atoms with Crippen molar-refractivity contribution in [3.63, 3.8) is 0 Å². The molecule has 1 aliphatic rings. The second-order valence-electron chi connectivity index (χ2n) is 5.00. The monoisotopic (exact) mass is 281 g/mol. The van der Waals surface area contributed by atoms with Gasteiger partial charge in [0.1, 0.15) is 5.84 Å². The Hall–Kier alpha value is -1.56. The summed E-state index contributed by atoms with van der Waals surface area (Å²) < 4.78 is 4.95. The molecule has 0 spiro atoms. The average Bonchev–Trinajstić information content (AvgIpc) is 2.37. The summed E-state index contributed by atoms with van der Waals surface area (Å²) in [7, 11) is 3.41. The van der Waals surface area contributed by atoms with Crippen molar-refractivity contribution < 1.29 is 14.3 Å². The Kier molecular flexibility index (Phi) is 6.51. The van der Waals surface area contributed by atoms with Gasteiger partial charge in [0.25, 0.3) is 5.91 Å². The number of ether oxygens (including phenoxy) is 1. The van der Waals surface area contributed by atoms with E-state index in [1.54, 1.807) is 26.0 Å². The summed E-state index contributed by atoms with van der Waals surface area (Å²) in [5.74, 6) is -0.0143. The Morgan fingerprint density at radius 1 is 1.35 bits per heavy atom. The topological polar surface area (TPSA) is 71.3 Å². The first-order chi connectivity index (χ1) is 9.45. The Morgan fingerprint density at radius 3 is 2.65 bits per heavy atom. The number of rotatable bonds is 7. The predicted molar refractivity (Wildman–Crippen MR) is 78.1 cm³/mol. The van der Waals surface area contributed by atoms with E-state index in [4.69, 9.17) is 4.74 Å². The number of carbonyl (C=O) groups excluding carboxylic acids is 2. The molecule has 0 N–H and O–H groups in total. The van der Waals surface area contributed by atoms with E-state index in [2.05, 4.69) is 9.98 Å². The summed E-state index contributed by atoms with van der Waals surface area (Å²) in [6.45, 7) is 4.81. The molecule has 1 unspecified atom stereocenters. The Bertz CT molecular complexity index is 429. The molecule has 0 aromatic carbocycles. The molecule has 1 heterocycles. The van der Waals surface area contributed by atoms with Crippen LogP contribution >= 0.6 is 0 Å². The lowest BCUT2D eigenvalue weighted by molar-refractivity contribution is -0.130. The van der Waals surface area contributed by atoms with Crippen LogP contribution in [0.5, 0.6) is 0 Å². The summed E-state index contributed by atoms with van der Waals surface area (Å²) in [5, 5.41) is 0. The van der Waals surface area contributed by atoms with Crippen LogP contribution in [0.3, 0.4) is 0 Å². The Labute approximate surface area is 119 Å². The normalized spacial score (nSPS) is 18.6. The summed E-state index contributed by atoms with van der Waals surface area (Å²) in [6.07, 6.45) is 1.62. The number of aliphatic imine (C=N–C) groups is 2. The van der Waals surface area contributed by atoms with Gasteiger partial charge < -0.3 is 9.64 Å². The van der Waals surface area contributed by atoms with Gasteiger partial charge in [-0.1, -0.05) is 0 Å². The Morgan fingerprint density at radius 2 is 2.05 bits per heavy atom. The first-order valence-corrected chi connectivity index (χ1v) is 6.83. The standard InChI is InChI=1S/C14H23N3O3/c1-10-12(14(19)16-11(2)15-10)6-7-13(18)17(3)8-5-9-20-4/h12H,5-9H2,1-4H3. The molecule has 0 aromatic heterocycles. The zero-order chi connectivity index (χ0) is 15.1. The van der Waals surface area contributed by atoms with Gasteiger partial charge in [0.15, 0.2) is 0 Å². The van der Waals surface area contributed by atoms with Crippen LogP contribution in [-0.2, 0) is 14.3 Å². The third kappa shape index (κ3) is 4.85. The molecule has 0 fully saturated rings. The number of nitrogens with zero attached hydrogens (tertiary/aromatic N) is 3. The van der Waals surface area contributed by atoms with Crippen molar-refractivity contribution in [2.24, 2.45) is 15.9 Å². The number of carbonyl (C=O) groups is 2. The van der Waals surface area contributed by atoms with Gasteiger partial charge in [0.2, 0.25) is 5.91 Å². The smallest absolute Gasteiger partial charge is 0.256 e. The van der Waals surface area contributed by atoms with Crippen LogP contribution in [0.4, 0.5) is 0 Å². The van der Waals surface area contributed by atoms with E-state index < -0.39 is 0 Å². The van der Waals surface area contributed by atoms with E-state index in [1.165, 1.54) is 0 Å². The third-order valence-corrected chi connectivity index (χ3v) is 3.33. The van der Waals surface area contributed by atoms with Crippen LogP contribution in [0.1, 0.15) is 33.1 Å². The third-order valence-electron chi connectivity index (χ3n) is 3.33. The van der Waals surface area contributed by atoms with Gasteiger partial charge in [-0.2, -0.15) is 4.99 Å². The molecule has 20 heavy (non-hydrogen) atoms. The highest BCUT2D eigenvalue weighted by Gasteiger charge is 2.25. The van der Waals surface area contributed by atoms with Crippen molar-refractivity contribution in [1.29, 1.82) is 0 Å². The Balaban J connectivity index is 2.41. The van der Waals surface area contributed by atoms with Gasteiger partial charge in [-0.25, -0.2) is 4.99 Å². The maximum atomic E-state index is 12.0. The minimum absolute atomic E-state index is 0.0352. The molecule has 0 saturated heterocycles. The van der Waals surface area contributed by atoms with Gasteiger partial charge in [-0.15, -0.1) is 0 Å². The van der Waals surface area contributed by atoms with Gasteiger partial charge >= 0.3 is 0 Å². The highest BCUT2D eigenvalue weighted by molar-refractivity contribution is 6.14. The molecule has 6 heteroatoms. The van der Waals surface area contributed by atoms with Crippen LogP contribution in [-0.4, -0.2) is 55.6 Å². The predicted octanol–water partition coefficient (Wildman–Crippen LogP) is 1.30. The second-order valence-corrected chi connectivity index (χ2v) is 5.00. The van der Waals surface area contributed by atoms with Crippen molar-refractivity contribution in [2.75, 3.05) is 27.3 Å². The highest BCUT2D eigenvalue weighted by atomic mass is 16.5. The van der Waals surface area contributed by atoms with E-state index >= 15 is 0 Å². The summed E-state index contributed by atoms with van der Waals surface area (Å²) >= 11 is 0. The van der Waals surface area contributed by atoms with Crippen molar-refractivity contribution in [2.45, 2.75) is 33.1 Å². The van der Waals surface area contributed by atoms with Gasteiger partial charge in [0, 0.05) is 39.4 Å². The van der Waals surface area contributed by atoms with E-state index in [0.717, 1.165) is 12.1 Å². The lowest BCUT2D eigenvalue weighted by atomic mass is 9.96. The van der Waals surface area contributed by atoms with Gasteiger partial charge in [-0.3, -0.25) is 9.59 Å². The number of amidine groups is 1. The number of methoxy groups -OCH3 is 1. The molecule has 0 aromatic rings. The molecule has 0 radical (unpaired) electrons. The van der Waals surface area contributed by atoms with Crippen molar-refractivity contribution in [3.05, 3.63) is 0 Å². The molecule has 1 rings (SSSR count). The molecule has 0 bridgehead atoms. The zero-order valence-corrected chi connectivity index (χ0v) is 12.7. The van der Waals surface area contributed by atoms with E-state index in [9.17, 15) is 9.59 Å². The van der Waals surface area contributed by atoms with Crippen molar-refractivity contribution >= 4 is 23.4 Å². The molecule has 2 amide bonds. The van der Waals surface area contributed by atoms with Crippen molar-refractivity contribution in [3.8, 4) is 0 Å². The average molecular weight is 281 g/mol. The van der Waals surface area contributed by atoms with Crippen LogP contribution in [0.25, 0.3) is 0 Å². The minimum atomic E-state index is -0.352. The maximum absolute atomic E-state index is 12.0. The first kappa shape index (κ1) is 16.5. The molecular weight excluding hydrogens is 258 g/mol. The fourth-order valence-electron chi connectivity index (χ4n) is 2.14. The van der Waals surface area contributed by atoms with Crippen LogP contribution in [0.2, 0.25) is 0 Å². The van der Waals surface area contributed by atoms with Gasteiger partial charge in [0.05, 0.1) is 5.92 Å². The largest absolute Gasteiger partial charge is 0.385 e. The number of hydrogen-bond acceptors (Lipinski definition) is 4. The summed E-state index contributed by atoms with van der Waals surface area (Å²) in [5.41, 5.74) is 0.748. The lowest BCUT2D eigenvalue weighted by Crippen LogP contribution is -2.31. The van der Waals surface area contributed by atoms with E-state index in [-0.39, 0.29) is 17.7 Å². The number of amides is 2. The zero-order valence-electron chi connectivity index (χ0n) is 12.7. The highest BCUT2D eigenvalue weighted by Crippen LogP contribution is 2.16. The van der Waals surface area contributed by atoms with E-state index in [1.807, 2.05) is 6.92 Å². The summed E-state index contributed by atoms with van der Waals surface area (Å²) in [4.78, 5) is 33.5. The fourth-order valence-corrected chi connectivity index (χ4v) is 2.14. The minimum Gasteiger partial charge on any atom is -0.385 e. The molecule has 6 nitrogen and oxygen atoms in total. The van der Waals surface area contributed by atoms with Gasteiger partial charge in [-0.05, 0) is 26.7 Å². The molecule has 0 aliphatic carbocycles.